The Kier molecular flexibility index (Phi) is 4.16. The second-order valence-electron chi connectivity index (χ2n) is 6.96. The van der Waals surface area contributed by atoms with Gasteiger partial charge in [-0.25, -0.2) is 9.99 Å². The topological polar surface area (TPSA) is 67.4 Å². The van der Waals surface area contributed by atoms with Gasteiger partial charge in [-0.05, 0) is 44.4 Å². The van der Waals surface area contributed by atoms with Crippen molar-refractivity contribution in [2.45, 2.75) is 50.9 Å². The van der Waals surface area contributed by atoms with Gasteiger partial charge in [-0.15, -0.1) is 0 Å². The molecule has 1 N–H and O–H groups in total. The second-order valence-corrected chi connectivity index (χ2v) is 6.96. The number of hydrogen-bond acceptors (Lipinski definition) is 5. The van der Waals surface area contributed by atoms with Crippen LogP contribution in [0, 0.1) is 5.92 Å². The number of rotatable bonds is 6. The molecule has 1 amide bonds. The minimum Gasteiger partial charge on any atom is -0.476 e. The monoisotopic (exact) mass is 316 g/mol. The van der Waals surface area contributed by atoms with Gasteiger partial charge in [-0.1, -0.05) is 6.42 Å². The van der Waals surface area contributed by atoms with E-state index in [0.29, 0.717) is 30.0 Å². The van der Waals surface area contributed by atoms with Crippen molar-refractivity contribution < 1.29 is 9.53 Å². The summed E-state index contributed by atoms with van der Waals surface area (Å²) < 4.78 is 5.88. The normalized spacial score (nSPS) is 21.9. The van der Waals surface area contributed by atoms with Crippen molar-refractivity contribution in [3.63, 3.8) is 0 Å². The van der Waals surface area contributed by atoms with Crippen LogP contribution in [0.1, 0.15) is 67.0 Å². The van der Waals surface area contributed by atoms with Crippen molar-refractivity contribution in [3.8, 4) is 5.88 Å². The van der Waals surface area contributed by atoms with Crippen molar-refractivity contribution in [1.82, 2.24) is 20.4 Å². The Bertz CT molecular complexity index is 578. The van der Waals surface area contributed by atoms with E-state index in [9.17, 15) is 4.79 Å². The van der Waals surface area contributed by atoms with Gasteiger partial charge in [0.05, 0.1) is 12.8 Å². The van der Waals surface area contributed by atoms with Gasteiger partial charge >= 0.3 is 0 Å². The Balaban J connectivity index is 1.45. The third-order valence-corrected chi connectivity index (χ3v) is 4.73. The summed E-state index contributed by atoms with van der Waals surface area (Å²) in [6.45, 7) is 2.51. The maximum absolute atomic E-state index is 12.4. The van der Waals surface area contributed by atoms with Crippen LogP contribution in [0.4, 0.5) is 0 Å². The second kappa shape index (κ2) is 6.43. The highest BCUT2D eigenvalue weighted by Gasteiger charge is 2.31. The molecule has 0 radical (unpaired) electrons. The lowest BCUT2D eigenvalue weighted by atomic mass is 10.2. The summed E-state index contributed by atoms with van der Waals surface area (Å²) in [6, 6.07) is 0. The Morgan fingerprint density at radius 1 is 1.22 bits per heavy atom. The smallest absolute Gasteiger partial charge is 0.285 e. The Morgan fingerprint density at radius 3 is 2.70 bits per heavy atom. The highest BCUT2D eigenvalue weighted by atomic mass is 16.5. The minimum absolute atomic E-state index is 0.182. The van der Waals surface area contributed by atoms with Crippen LogP contribution in [0.5, 0.6) is 5.88 Å². The fraction of sp³-hybridized carbons (Fsp3) is 0.706. The highest BCUT2D eigenvalue weighted by molar-refractivity contribution is 5.91. The molecule has 4 rings (SSSR count). The summed E-state index contributed by atoms with van der Waals surface area (Å²) in [5.41, 5.74) is 4.22. The molecule has 124 valence electrons. The molecule has 0 aromatic carbocycles. The van der Waals surface area contributed by atoms with Gasteiger partial charge in [-0.2, -0.15) is 0 Å². The van der Waals surface area contributed by atoms with E-state index >= 15 is 0 Å². The van der Waals surface area contributed by atoms with Crippen LogP contribution >= 0.6 is 0 Å². The molecule has 1 aliphatic heterocycles. The van der Waals surface area contributed by atoms with Gasteiger partial charge in [-0.3, -0.25) is 15.2 Å². The lowest BCUT2D eigenvalue weighted by Gasteiger charge is -2.26. The lowest BCUT2D eigenvalue weighted by Crippen LogP contribution is -2.45. The molecule has 0 atom stereocenters. The first kappa shape index (κ1) is 14.9. The standard InChI is InChI=1S/C17H24N4O2/c22-16(20-21-8-2-1-3-9-21)14-10-18-15(13-6-7-13)17(19-14)23-11-12-4-5-12/h10,12-13H,1-9,11H2,(H,20,22). The summed E-state index contributed by atoms with van der Waals surface area (Å²) in [5.74, 6) is 1.52. The van der Waals surface area contributed by atoms with Crippen LogP contribution in [0.3, 0.4) is 0 Å². The van der Waals surface area contributed by atoms with Crippen LogP contribution in [0.15, 0.2) is 6.20 Å². The Morgan fingerprint density at radius 2 is 2.00 bits per heavy atom. The molecule has 0 unspecified atom stereocenters. The molecule has 0 spiro atoms. The zero-order chi connectivity index (χ0) is 15.6. The molecular formula is C17H24N4O2. The number of hydrazine groups is 1. The Labute approximate surface area is 136 Å². The van der Waals surface area contributed by atoms with Gasteiger partial charge in [0.1, 0.15) is 5.69 Å². The minimum atomic E-state index is -0.182. The quantitative estimate of drug-likeness (QED) is 0.872. The highest BCUT2D eigenvalue weighted by Crippen LogP contribution is 2.42. The molecule has 2 heterocycles. The van der Waals surface area contributed by atoms with Gasteiger partial charge in [0.15, 0.2) is 5.69 Å². The third-order valence-electron chi connectivity index (χ3n) is 4.73. The largest absolute Gasteiger partial charge is 0.476 e. The number of piperidine rings is 1. The summed E-state index contributed by atoms with van der Waals surface area (Å²) in [6.07, 6.45) is 9.85. The van der Waals surface area contributed by atoms with Gasteiger partial charge in [0.25, 0.3) is 5.91 Å². The zero-order valence-electron chi connectivity index (χ0n) is 13.5. The first-order chi connectivity index (χ1) is 11.3. The first-order valence-corrected chi connectivity index (χ1v) is 8.85. The average molecular weight is 316 g/mol. The van der Waals surface area contributed by atoms with Gasteiger partial charge in [0.2, 0.25) is 5.88 Å². The molecule has 1 aromatic heterocycles. The maximum Gasteiger partial charge on any atom is 0.285 e. The van der Waals surface area contributed by atoms with Crippen molar-refractivity contribution in [2.24, 2.45) is 5.92 Å². The number of hydrogen-bond donors (Lipinski definition) is 1. The number of ether oxygens (including phenoxy) is 1. The van der Waals surface area contributed by atoms with Crippen LogP contribution < -0.4 is 10.2 Å². The molecule has 1 saturated heterocycles. The summed E-state index contributed by atoms with van der Waals surface area (Å²) >= 11 is 0. The number of carbonyl (C=O) groups excluding carboxylic acids is 1. The van der Waals surface area contributed by atoms with Gasteiger partial charge < -0.3 is 4.74 Å². The average Bonchev–Trinajstić information content (AvgIpc) is 3.48. The number of nitrogens with one attached hydrogen (secondary N) is 1. The molecule has 2 aliphatic carbocycles. The summed E-state index contributed by atoms with van der Waals surface area (Å²) in [5, 5.41) is 1.98. The predicted molar refractivity (Wildman–Crippen MR) is 85.1 cm³/mol. The predicted octanol–water partition coefficient (Wildman–Crippen LogP) is 2.27. The fourth-order valence-electron chi connectivity index (χ4n) is 2.92. The molecule has 6 heteroatoms. The fourth-order valence-corrected chi connectivity index (χ4v) is 2.92. The number of amides is 1. The van der Waals surface area contributed by atoms with E-state index in [-0.39, 0.29) is 5.91 Å². The van der Waals surface area contributed by atoms with E-state index < -0.39 is 0 Å². The third kappa shape index (κ3) is 3.80. The molecule has 23 heavy (non-hydrogen) atoms. The molecule has 2 saturated carbocycles. The molecular weight excluding hydrogens is 292 g/mol. The van der Waals surface area contributed by atoms with E-state index in [4.69, 9.17) is 4.74 Å². The van der Waals surface area contributed by atoms with Crippen LogP contribution in [0.2, 0.25) is 0 Å². The summed E-state index contributed by atoms with van der Waals surface area (Å²) in [4.78, 5) is 21.4. The Hall–Kier alpha value is -1.69. The number of carbonyl (C=O) groups is 1. The van der Waals surface area contributed by atoms with Crippen molar-refractivity contribution >= 4 is 5.91 Å². The van der Waals surface area contributed by atoms with Crippen LogP contribution in [0.25, 0.3) is 0 Å². The van der Waals surface area contributed by atoms with E-state index in [0.717, 1.165) is 44.5 Å². The molecule has 3 fully saturated rings. The number of nitrogens with zero attached hydrogens (tertiary/aromatic N) is 3. The van der Waals surface area contributed by atoms with Crippen LogP contribution in [-0.4, -0.2) is 40.6 Å². The number of aromatic nitrogens is 2. The molecule has 0 bridgehead atoms. The van der Waals surface area contributed by atoms with Crippen LogP contribution in [-0.2, 0) is 0 Å². The first-order valence-electron chi connectivity index (χ1n) is 8.85. The van der Waals surface area contributed by atoms with Crippen molar-refractivity contribution in [2.75, 3.05) is 19.7 Å². The van der Waals surface area contributed by atoms with Crippen molar-refractivity contribution in [1.29, 1.82) is 0 Å². The summed E-state index contributed by atoms with van der Waals surface area (Å²) in [7, 11) is 0. The zero-order valence-corrected chi connectivity index (χ0v) is 13.5. The molecule has 1 aromatic rings. The van der Waals surface area contributed by atoms with Gasteiger partial charge in [0, 0.05) is 19.0 Å². The van der Waals surface area contributed by atoms with E-state index in [1.807, 2.05) is 5.01 Å². The van der Waals surface area contributed by atoms with Crippen molar-refractivity contribution in [3.05, 3.63) is 17.6 Å². The maximum atomic E-state index is 12.4. The van der Waals surface area contributed by atoms with E-state index in [2.05, 4.69) is 15.4 Å². The molecule has 6 nitrogen and oxygen atoms in total. The molecule has 3 aliphatic rings. The van der Waals surface area contributed by atoms with E-state index in [1.54, 1.807) is 6.20 Å². The SMILES string of the molecule is O=C(NN1CCCCC1)c1cnc(C2CC2)c(OCC2CC2)n1. The van der Waals surface area contributed by atoms with E-state index in [1.165, 1.54) is 19.3 Å². The lowest BCUT2D eigenvalue weighted by molar-refractivity contribution is 0.0743.